The monoisotopic (exact) mass is 350 g/mol. The van der Waals surface area contributed by atoms with Crippen LogP contribution in [0.25, 0.3) is 0 Å². The maximum Gasteiger partial charge on any atom is 0.303 e. The van der Waals surface area contributed by atoms with Crippen LogP contribution >= 0.6 is 0 Å². The zero-order valence-corrected chi connectivity index (χ0v) is 13.9. The van der Waals surface area contributed by atoms with Crippen LogP contribution in [0.2, 0.25) is 0 Å². The molecule has 0 spiro atoms. The van der Waals surface area contributed by atoms with Crippen molar-refractivity contribution in [3.05, 3.63) is 58.7 Å². The highest BCUT2D eigenvalue weighted by Gasteiger charge is 2.53. The van der Waals surface area contributed by atoms with E-state index in [4.69, 9.17) is 4.74 Å². The molecule has 0 saturated heterocycles. The highest BCUT2D eigenvalue weighted by atomic mass is 16.5. The molecule has 6 nitrogen and oxygen atoms in total. The minimum Gasteiger partial charge on any atom is -0.458 e. The number of allylic oxidation sites excluding steroid dienone is 3. The van der Waals surface area contributed by atoms with Crippen molar-refractivity contribution in [2.45, 2.75) is 19.4 Å². The van der Waals surface area contributed by atoms with E-state index in [1.165, 1.54) is 19.1 Å². The van der Waals surface area contributed by atoms with Gasteiger partial charge >= 0.3 is 5.97 Å². The Morgan fingerprint density at radius 1 is 0.962 bits per heavy atom. The number of benzene rings is 1. The van der Waals surface area contributed by atoms with E-state index in [0.717, 1.165) is 0 Å². The second kappa shape index (κ2) is 5.69. The molecule has 0 heterocycles. The molecule has 1 aromatic rings. The van der Waals surface area contributed by atoms with Crippen LogP contribution in [-0.2, 0) is 19.1 Å². The number of fused-ring (bicyclic) bond motifs is 2. The van der Waals surface area contributed by atoms with Crippen molar-refractivity contribution in [2.24, 2.45) is 11.8 Å². The van der Waals surface area contributed by atoms with Crippen LogP contribution in [0.4, 0.5) is 0 Å². The van der Waals surface area contributed by atoms with Crippen molar-refractivity contribution in [3.63, 3.8) is 0 Å². The van der Waals surface area contributed by atoms with E-state index in [2.05, 4.69) is 0 Å². The maximum atomic E-state index is 13.1. The van der Waals surface area contributed by atoms with E-state index in [1.807, 2.05) is 0 Å². The van der Waals surface area contributed by atoms with Gasteiger partial charge in [-0.25, -0.2) is 0 Å². The molecule has 26 heavy (non-hydrogen) atoms. The topological polar surface area (TPSA) is 94.6 Å². The average molecular weight is 350 g/mol. The number of rotatable bonds is 1. The molecule has 0 aliphatic heterocycles. The molecule has 1 aromatic carbocycles. The smallest absolute Gasteiger partial charge is 0.303 e. The summed E-state index contributed by atoms with van der Waals surface area (Å²) in [5.41, 5.74) is -0.436. The van der Waals surface area contributed by atoms with E-state index in [-0.39, 0.29) is 28.7 Å². The SMILES string of the molecule is CC(=O)O[C@H]1C=CC[C@H]2C(=O)C3=C(C(=O)c4ccccc4C3=O)C(=O)[C@H]12. The predicted molar refractivity (Wildman–Crippen MR) is 88.4 cm³/mol. The summed E-state index contributed by atoms with van der Waals surface area (Å²) in [4.78, 5) is 63.1. The number of carbonyl (C=O) groups is 5. The fourth-order valence-corrected chi connectivity index (χ4v) is 3.96. The molecule has 0 amide bonds. The van der Waals surface area contributed by atoms with Gasteiger partial charge in [-0.2, -0.15) is 0 Å². The molecular weight excluding hydrogens is 336 g/mol. The molecule has 0 N–H and O–H groups in total. The second-order valence-corrected chi connectivity index (χ2v) is 6.55. The van der Waals surface area contributed by atoms with Gasteiger partial charge < -0.3 is 4.74 Å². The van der Waals surface area contributed by atoms with Crippen LogP contribution in [0, 0.1) is 11.8 Å². The lowest BCUT2D eigenvalue weighted by Crippen LogP contribution is -2.49. The van der Waals surface area contributed by atoms with Gasteiger partial charge in [0.1, 0.15) is 6.10 Å². The molecular formula is C20H14O6. The Morgan fingerprint density at radius 3 is 2.12 bits per heavy atom. The van der Waals surface area contributed by atoms with E-state index in [0.29, 0.717) is 0 Å². The van der Waals surface area contributed by atoms with Gasteiger partial charge in [0.05, 0.1) is 17.1 Å². The summed E-state index contributed by atoms with van der Waals surface area (Å²) >= 11 is 0. The normalized spacial score (nSPS) is 27.0. The van der Waals surface area contributed by atoms with Gasteiger partial charge in [0.15, 0.2) is 23.1 Å². The lowest BCUT2D eigenvalue weighted by molar-refractivity contribution is -0.151. The van der Waals surface area contributed by atoms with Gasteiger partial charge in [-0.1, -0.05) is 30.3 Å². The third-order valence-electron chi connectivity index (χ3n) is 5.06. The molecule has 0 fully saturated rings. The van der Waals surface area contributed by atoms with Gasteiger partial charge in [-0.3, -0.25) is 24.0 Å². The Labute approximate surface area is 148 Å². The van der Waals surface area contributed by atoms with E-state index < -0.39 is 47.0 Å². The van der Waals surface area contributed by atoms with Crippen molar-refractivity contribution >= 4 is 29.1 Å². The van der Waals surface area contributed by atoms with Crippen molar-refractivity contribution in [1.29, 1.82) is 0 Å². The standard InChI is InChI=1S/C20H14O6/c1-9(21)26-13-8-4-7-12-14(13)20(25)16-15(19(12)24)17(22)10-5-2-3-6-11(10)18(16)23/h2-6,8,12-14H,7H2,1H3/t12-,13+,14+/m1/s1. The lowest BCUT2D eigenvalue weighted by Gasteiger charge is -2.37. The van der Waals surface area contributed by atoms with Crippen LogP contribution in [0.1, 0.15) is 34.1 Å². The molecule has 4 rings (SSSR count). The van der Waals surface area contributed by atoms with Crippen molar-refractivity contribution in [3.8, 4) is 0 Å². The van der Waals surface area contributed by atoms with E-state index in [9.17, 15) is 24.0 Å². The third kappa shape index (κ3) is 2.15. The fraction of sp³-hybridized carbons (Fsp3) is 0.250. The van der Waals surface area contributed by atoms with Crippen LogP contribution in [-0.4, -0.2) is 35.2 Å². The first-order valence-corrected chi connectivity index (χ1v) is 8.26. The first-order valence-electron chi connectivity index (χ1n) is 8.26. The number of Topliss-reactive ketones (excluding diaryl/α,β-unsaturated/α-hetero) is 4. The number of carbonyl (C=O) groups excluding carboxylic acids is 5. The molecule has 0 saturated carbocycles. The molecule has 0 unspecified atom stereocenters. The van der Waals surface area contributed by atoms with Crippen molar-refractivity contribution < 1.29 is 28.7 Å². The maximum absolute atomic E-state index is 13.1. The number of hydrogen-bond acceptors (Lipinski definition) is 6. The zero-order valence-electron chi connectivity index (χ0n) is 13.9. The van der Waals surface area contributed by atoms with Crippen LogP contribution < -0.4 is 0 Å². The second-order valence-electron chi connectivity index (χ2n) is 6.55. The van der Waals surface area contributed by atoms with Gasteiger partial charge in [0.2, 0.25) is 0 Å². The molecule has 3 aliphatic carbocycles. The summed E-state index contributed by atoms with van der Waals surface area (Å²) in [5, 5.41) is 0. The zero-order chi connectivity index (χ0) is 18.6. The summed E-state index contributed by atoms with van der Waals surface area (Å²) in [6.07, 6.45) is 2.56. The molecule has 3 atom stereocenters. The third-order valence-corrected chi connectivity index (χ3v) is 5.06. The van der Waals surface area contributed by atoms with Crippen LogP contribution in [0.3, 0.4) is 0 Å². The van der Waals surface area contributed by atoms with Gasteiger partial charge in [0.25, 0.3) is 0 Å². The molecule has 0 radical (unpaired) electrons. The number of hydrogen-bond donors (Lipinski definition) is 0. The van der Waals surface area contributed by atoms with Gasteiger partial charge in [-0.05, 0) is 12.5 Å². The summed E-state index contributed by atoms with van der Waals surface area (Å²) in [5.74, 6) is -4.72. The average Bonchev–Trinajstić information content (AvgIpc) is 2.62. The minimum absolute atomic E-state index is 0.117. The lowest BCUT2D eigenvalue weighted by atomic mass is 9.64. The highest BCUT2D eigenvalue weighted by Crippen LogP contribution is 2.41. The fourth-order valence-electron chi connectivity index (χ4n) is 3.96. The molecule has 130 valence electrons. The van der Waals surface area contributed by atoms with Crippen LogP contribution in [0.15, 0.2) is 47.6 Å². The number of ether oxygens (including phenoxy) is 1. The molecule has 6 heteroatoms. The molecule has 0 aromatic heterocycles. The highest BCUT2D eigenvalue weighted by molar-refractivity contribution is 6.45. The van der Waals surface area contributed by atoms with Crippen molar-refractivity contribution in [1.82, 2.24) is 0 Å². The Bertz CT molecular complexity index is 964. The van der Waals surface area contributed by atoms with E-state index >= 15 is 0 Å². The predicted octanol–water partition coefficient (Wildman–Crippen LogP) is 1.64. The first kappa shape index (κ1) is 16.3. The van der Waals surface area contributed by atoms with Gasteiger partial charge in [0, 0.05) is 24.0 Å². The van der Waals surface area contributed by atoms with Gasteiger partial charge in [-0.15, -0.1) is 0 Å². The van der Waals surface area contributed by atoms with Crippen LogP contribution in [0.5, 0.6) is 0 Å². The quantitative estimate of drug-likeness (QED) is 0.434. The summed E-state index contributed by atoms with van der Waals surface area (Å²) in [6, 6.07) is 6.14. The van der Waals surface area contributed by atoms with Crippen molar-refractivity contribution in [2.75, 3.05) is 0 Å². The molecule has 3 aliphatic rings. The Kier molecular flexibility index (Phi) is 3.57. The summed E-state index contributed by atoms with van der Waals surface area (Å²) < 4.78 is 5.17. The first-order chi connectivity index (χ1) is 12.4. The Morgan fingerprint density at radius 2 is 1.54 bits per heavy atom. The summed E-state index contributed by atoms with van der Waals surface area (Å²) in [7, 11) is 0. The number of ketones is 4. The van der Waals surface area contributed by atoms with E-state index in [1.54, 1.807) is 24.3 Å². The largest absolute Gasteiger partial charge is 0.458 e. The molecule has 0 bridgehead atoms. The summed E-state index contributed by atoms with van der Waals surface area (Å²) in [6.45, 7) is 1.21. The minimum atomic E-state index is -0.975. The Balaban J connectivity index is 1.87. The Hall–Kier alpha value is -3.15. The number of esters is 1.